The SMILES string of the molecule is C[C@@H]1CCCN(S(=O)(=O)c2cc(C(=O)N3CCn4cccc4[C@H]3C)ccc2Cl)C1. The summed E-state index contributed by atoms with van der Waals surface area (Å²) in [7, 11) is -3.74. The first kappa shape index (κ1) is 20.4. The van der Waals surface area contributed by atoms with Crippen LogP contribution in [-0.4, -0.2) is 47.7 Å². The van der Waals surface area contributed by atoms with Gasteiger partial charge in [-0.1, -0.05) is 18.5 Å². The fourth-order valence-corrected chi connectivity index (χ4v) is 6.46. The van der Waals surface area contributed by atoms with Crippen molar-refractivity contribution in [1.29, 1.82) is 0 Å². The molecule has 8 heteroatoms. The van der Waals surface area contributed by atoms with Crippen molar-refractivity contribution in [2.45, 2.75) is 44.2 Å². The predicted molar refractivity (Wildman–Crippen MR) is 112 cm³/mol. The molecule has 0 saturated carbocycles. The zero-order chi connectivity index (χ0) is 20.8. The van der Waals surface area contributed by atoms with E-state index in [-0.39, 0.29) is 21.9 Å². The van der Waals surface area contributed by atoms with Crippen molar-refractivity contribution in [3.8, 4) is 0 Å². The Hall–Kier alpha value is -1.83. The van der Waals surface area contributed by atoms with Crippen molar-refractivity contribution < 1.29 is 13.2 Å². The number of aromatic nitrogens is 1. The lowest BCUT2D eigenvalue weighted by atomic mass is 10.0. The highest BCUT2D eigenvalue weighted by Gasteiger charge is 2.33. The molecular weight excluding hydrogens is 410 g/mol. The third kappa shape index (κ3) is 3.71. The second-order valence-corrected chi connectivity index (χ2v) is 10.4. The molecule has 0 unspecified atom stereocenters. The largest absolute Gasteiger partial charge is 0.348 e. The molecule has 4 rings (SSSR count). The van der Waals surface area contributed by atoms with Gasteiger partial charge in [0.1, 0.15) is 4.90 Å². The summed E-state index contributed by atoms with van der Waals surface area (Å²) in [6.07, 6.45) is 3.87. The summed E-state index contributed by atoms with van der Waals surface area (Å²) >= 11 is 6.27. The maximum atomic E-state index is 13.2. The second-order valence-electron chi connectivity index (χ2n) is 8.06. The van der Waals surface area contributed by atoms with Crippen LogP contribution < -0.4 is 0 Å². The maximum absolute atomic E-state index is 13.2. The lowest BCUT2D eigenvalue weighted by Crippen LogP contribution is -2.41. The molecule has 0 N–H and O–H groups in total. The summed E-state index contributed by atoms with van der Waals surface area (Å²) in [5.74, 6) is 0.137. The van der Waals surface area contributed by atoms with Crippen LogP contribution in [0, 0.1) is 5.92 Å². The Morgan fingerprint density at radius 3 is 2.69 bits per heavy atom. The Morgan fingerprint density at radius 1 is 1.14 bits per heavy atom. The van der Waals surface area contributed by atoms with E-state index in [1.165, 1.54) is 16.4 Å². The number of sulfonamides is 1. The quantitative estimate of drug-likeness (QED) is 0.737. The highest BCUT2D eigenvalue weighted by Crippen LogP contribution is 2.31. The van der Waals surface area contributed by atoms with Crippen molar-refractivity contribution in [2.24, 2.45) is 5.92 Å². The van der Waals surface area contributed by atoms with Crippen LogP contribution in [0.25, 0.3) is 0 Å². The van der Waals surface area contributed by atoms with Crippen molar-refractivity contribution in [1.82, 2.24) is 13.8 Å². The molecule has 6 nitrogen and oxygen atoms in total. The summed E-state index contributed by atoms with van der Waals surface area (Å²) < 4.78 is 30.1. The molecule has 1 saturated heterocycles. The number of amides is 1. The van der Waals surface area contributed by atoms with Crippen LogP contribution in [0.2, 0.25) is 5.02 Å². The fraction of sp³-hybridized carbons (Fsp3) is 0.476. The molecule has 0 bridgehead atoms. The Labute approximate surface area is 177 Å². The van der Waals surface area contributed by atoms with Gasteiger partial charge in [-0.05, 0) is 56.0 Å². The summed E-state index contributed by atoms with van der Waals surface area (Å²) in [5, 5.41) is 0.153. The Morgan fingerprint density at radius 2 is 1.93 bits per heavy atom. The van der Waals surface area contributed by atoms with Gasteiger partial charge in [0.05, 0.1) is 11.1 Å². The van der Waals surface area contributed by atoms with E-state index in [4.69, 9.17) is 11.6 Å². The van der Waals surface area contributed by atoms with Crippen LogP contribution in [0.15, 0.2) is 41.4 Å². The minimum atomic E-state index is -3.74. The highest BCUT2D eigenvalue weighted by molar-refractivity contribution is 7.89. The average molecular weight is 436 g/mol. The van der Waals surface area contributed by atoms with Crippen molar-refractivity contribution in [3.05, 3.63) is 52.8 Å². The van der Waals surface area contributed by atoms with Crippen LogP contribution >= 0.6 is 11.6 Å². The first-order valence-corrected chi connectivity index (χ1v) is 11.9. The molecule has 2 aromatic rings. The monoisotopic (exact) mass is 435 g/mol. The number of nitrogens with zero attached hydrogens (tertiary/aromatic N) is 3. The normalized spacial score (nSPS) is 23.1. The summed E-state index contributed by atoms with van der Waals surface area (Å²) in [6, 6.07) is 8.49. The Kier molecular flexibility index (Phi) is 5.48. The third-order valence-corrected chi connectivity index (χ3v) is 8.37. The van der Waals surface area contributed by atoms with Gasteiger partial charge in [0.2, 0.25) is 10.0 Å². The maximum Gasteiger partial charge on any atom is 0.254 e. The number of carbonyl (C=O) groups excluding carboxylic acids is 1. The zero-order valence-electron chi connectivity index (χ0n) is 16.7. The number of hydrogen-bond acceptors (Lipinski definition) is 3. The van der Waals surface area contributed by atoms with Gasteiger partial charge in [0.25, 0.3) is 5.91 Å². The lowest BCUT2D eigenvalue weighted by Gasteiger charge is -2.35. The third-order valence-electron chi connectivity index (χ3n) is 6.02. The number of hydrogen-bond donors (Lipinski definition) is 0. The van der Waals surface area contributed by atoms with Crippen molar-refractivity contribution in [3.63, 3.8) is 0 Å². The second kappa shape index (κ2) is 7.78. The van der Waals surface area contributed by atoms with E-state index >= 15 is 0 Å². The van der Waals surface area contributed by atoms with E-state index in [0.29, 0.717) is 31.1 Å². The lowest BCUT2D eigenvalue weighted by molar-refractivity contribution is 0.0644. The predicted octanol–water partition coefficient (Wildman–Crippen LogP) is 3.78. The number of benzene rings is 1. The average Bonchev–Trinajstić information content (AvgIpc) is 3.18. The van der Waals surface area contributed by atoms with E-state index < -0.39 is 10.0 Å². The van der Waals surface area contributed by atoms with Gasteiger partial charge in [-0.25, -0.2) is 8.42 Å². The van der Waals surface area contributed by atoms with Gasteiger partial charge in [-0.15, -0.1) is 0 Å². The van der Waals surface area contributed by atoms with E-state index in [9.17, 15) is 13.2 Å². The number of carbonyl (C=O) groups is 1. The van der Waals surface area contributed by atoms with Crippen LogP contribution in [0.5, 0.6) is 0 Å². The molecule has 3 heterocycles. The number of halogens is 1. The van der Waals surface area contributed by atoms with E-state index in [1.54, 1.807) is 11.0 Å². The summed E-state index contributed by atoms with van der Waals surface area (Å²) in [6.45, 7) is 6.32. The van der Waals surface area contributed by atoms with Gasteiger partial charge < -0.3 is 9.47 Å². The Balaban J connectivity index is 1.64. The molecule has 2 atom stereocenters. The minimum absolute atomic E-state index is 0.0205. The minimum Gasteiger partial charge on any atom is -0.348 e. The molecule has 1 aromatic carbocycles. The fourth-order valence-electron chi connectivity index (χ4n) is 4.36. The van der Waals surface area contributed by atoms with Gasteiger partial charge in [0, 0.05) is 43.6 Å². The molecule has 0 spiro atoms. The van der Waals surface area contributed by atoms with E-state index in [0.717, 1.165) is 25.1 Å². The molecule has 2 aliphatic heterocycles. The van der Waals surface area contributed by atoms with Gasteiger partial charge in [0.15, 0.2) is 0 Å². The van der Waals surface area contributed by atoms with Gasteiger partial charge in [-0.2, -0.15) is 4.31 Å². The molecule has 0 aliphatic carbocycles. The Bertz CT molecular complexity index is 1030. The van der Waals surface area contributed by atoms with Crippen molar-refractivity contribution >= 4 is 27.5 Å². The molecule has 29 heavy (non-hydrogen) atoms. The summed E-state index contributed by atoms with van der Waals surface area (Å²) in [5.41, 5.74) is 1.43. The highest BCUT2D eigenvalue weighted by atomic mass is 35.5. The van der Waals surface area contributed by atoms with Gasteiger partial charge in [-0.3, -0.25) is 4.79 Å². The topological polar surface area (TPSA) is 62.6 Å². The first-order chi connectivity index (χ1) is 13.8. The molecular formula is C21H26ClN3O3S. The molecule has 2 aliphatic rings. The molecule has 0 radical (unpaired) electrons. The number of rotatable bonds is 3. The number of piperidine rings is 1. The van der Waals surface area contributed by atoms with Gasteiger partial charge >= 0.3 is 0 Å². The van der Waals surface area contributed by atoms with Crippen LogP contribution in [0.1, 0.15) is 48.8 Å². The smallest absolute Gasteiger partial charge is 0.254 e. The standard InChI is InChI=1S/C21H26ClN3O3S/c1-15-5-3-10-24(14-15)29(27,28)20-13-17(7-8-18(20)22)21(26)25-12-11-23-9-4-6-19(23)16(25)2/h4,6-9,13,15-16H,3,5,10-12,14H2,1-2H3/t15-,16-/m1/s1. The van der Waals surface area contributed by atoms with E-state index in [1.807, 2.05) is 25.3 Å². The van der Waals surface area contributed by atoms with E-state index in [2.05, 4.69) is 11.5 Å². The van der Waals surface area contributed by atoms with Crippen LogP contribution in [-0.2, 0) is 16.6 Å². The molecule has 156 valence electrons. The van der Waals surface area contributed by atoms with Crippen molar-refractivity contribution in [2.75, 3.05) is 19.6 Å². The molecule has 1 fully saturated rings. The first-order valence-electron chi connectivity index (χ1n) is 10.0. The number of fused-ring (bicyclic) bond motifs is 1. The molecule has 1 aromatic heterocycles. The summed E-state index contributed by atoms with van der Waals surface area (Å²) in [4.78, 5) is 15.0. The zero-order valence-corrected chi connectivity index (χ0v) is 18.3. The van der Waals surface area contributed by atoms with Crippen LogP contribution in [0.4, 0.5) is 0 Å². The van der Waals surface area contributed by atoms with Crippen LogP contribution in [0.3, 0.4) is 0 Å². The molecule has 1 amide bonds.